The minimum absolute atomic E-state index is 0.0687. The van der Waals surface area contributed by atoms with Crippen LogP contribution >= 0.6 is 0 Å². The second-order valence-electron chi connectivity index (χ2n) is 8.08. The first-order chi connectivity index (χ1) is 13.7. The summed E-state index contributed by atoms with van der Waals surface area (Å²) in [5, 5.41) is 29.0. The van der Waals surface area contributed by atoms with Crippen LogP contribution in [-0.4, -0.2) is 59.6 Å². The highest BCUT2D eigenvalue weighted by Crippen LogP contribution is 2.18. The third-order valence-corrected chi connectivity index (χ3v) is 5.39. The normalized spacial score (nSPS) is 23.6. The highest BCUT2D eigenvalue weighted by Gasteiger charge is 2.39. The maximum atomic E-state index is 9.94. The second-order valence-corrected chi connectivity index (χ2v) is 8.08. The molecule has 0 saturated carbocycles. The SMILES string of the molecule is CCC/C=C/CCCCCCCCCCCCOC[C@H](O)[C@H]1OC[C@@H](O)[C@H]1O. The number of aliphatic hydroxyl groups is 3. The lowest BCUT2D eigenvalue weighted by Crippen LogP contribution is -2.40. The Labute approximate surface area is 172 Å². The van der Waals surface area contributed by atoms with E-state index in [1.165, 1.54) is 70.6 Å². The topological polar surface area (TPSA) is 79.2 Å². The van der Waals surface area contributed by atoms with Crippen molar-refractivity contribution in [3.8, 4) is 0 Å². The van der Waals surface area contributed by atoms with Gasteiger partial charge in [-0.3, -0.25) is 0 Å². The highest BCUT2D eigenvalue weighted by molar-refractivity contribution is 4.87. The number of aliphatic hydroxyl groups excluding tert-OH is 3. The zero-order valence-electron chi connectivity index (χ0n) is 17.9. The molecule has 1 rings (SSSR count). The van der Waals surface area contributed by atoms with Gasteiger partial charge in [-0.15, -0.1) is 0 Å². The average molecular weight is 401 g/mol. The Morgan fingerprint density at radius 1 is 0.893 bits per heavy atom. The summed E-state index contributed by atoms with van der Waals surface area (Å²) < 4.78 is 10.7. The van der Waals surface area contributed by atoms with Crippen LogP contribution in [0.1, 0.15) is 90.4 Å². The Bertz CT molecular complexity index is 374. The van der Waals surface area contributed by atoms with Gasteiger partial charge in [-0.1, -0.05) is 76.9 Å². The van der Waals surface area contributed by atoms with E-state index in [1.54, 1.807) is 0 Å². The molecule has 5 nitrogen and oxygen atoms in total. The van der Waals surface area contributed by atoms with E-state index in [-0.39, 0.29) is 13.2 Å². The largest absolute Gasteiger partial charge is 0.388 e. The summed E-state index contributed by atoms with van der Waals surface area (Å²) >= 11 is 0. The lowest BCUT2D eigenvalue weighted by molar-refractivity contribution is -0.0813. The van der Waals surface area contributed by atoms with E-state index in [0.717, 1.165) is 12.8 Å². The molecule has 4 atom stereocenters. The smallest absolute Gasteiger partial charge is 0.114 e. The summed E-state index contributed by atoms with van der Waals surface area (Å²) in [4.78, 5) is 0. The molecule has 1 saturated heterocycles. The Morgan fingerprint density at radius 2 is 1.46 bits per heavy atom. The maximum absolute atomic E-state index is 9.94. The third kappa shape index (κ3) is 12.2. The van der Waals surface area contributed by atoms with Crippen molar-refractivity contribution in [3.63, 3.8) is 0 Å². The van der Waals surface area contributed by atoms with Gasteiger partial charge in [-0.25, -0.2) is 0 Å². The predicted octanol–water partition coefficient (Wildman–Crippen LogP) is 4.13. The number of hydrogen-bond donors (Lipinski definition) is 3. The van der Waals surface area contributed by atoms with Gasteiger partial charge in [-0.05, 0) is 25.7 Å². The van der Waals surface area contributed by atoms with E-state index in [4.69, 9.17) is 9.47 Å². The minimum Gasteiger partial charge on any atom is -0.388 e. The molecule has 0 aromatic carbocycles. The molecule has 0 unspecified atom stereocenters. The molecule has 1 aliphatic heterocycles. The van der Waals surface area contributed by atoms with Crippen LogP contribution in [0.3, 0.4) is 0 Å². The second kappa shape index (κ2) is 17.4. The van der Waals surface area contributed by atoms with Crippen LogP contribution in [0, 0.1) is 0 Å². The van der Waals surface area contributed by atoms with Crippen molar-refractivity contribution in [1.29, 1.82) is 0 Å². The van der Waals surface area contributed by atoms with Crippen LogP contribution in [-0.2, 0) is 9.47 Å². The van der Waals surface area contributed by atoms with Gasteiger partial charge in [0.15, 0.2) is 0 Å². The molecule has 0 aromatic heterocycles. The van der Waals surface area contributed by atoms with E-state index in [1.807, 2.05) is 0 Å². The van der Waals surface area contributed by atoms with Gasteiger partial charge in [-0.2, -0.15) is 0 Å². The molecule has 1 aliphatic rings. The lowest BCUT2D eigenvalue weighted by atomic mass is 10.1. The molecule has 0 spiro atoms. The van der Waals surface area contributed by atoms with Gasteiger partial charge < -0.3 is 24.8 Å². The lowest BCUT2D eigenvalue weighted by Gasteiger charge is -2.20. The molecule has 0 amide bonds. The predicted molar refractivity (Wildman–Crippen MR) is 113 cm³/mol. The molecule has 0 bridgehead atoms. The highest BCUT2D eigenvalue weighted by atomic mass is 16.5. The molecule has 3 N–H and O–H groups in total. The number of ether oxygens (including phenoxy) is 2. The summed E-state index contributed by atoms with van der Waals surface area (Å²) in [5.74, 6) is 0. The first-order valence-electron chi connectivity index (χ1n) is 11.5. The first kappa shape index (κ1) is 25.6. The van der Waals surface area contributed by atoms with Crippen LogP contribution in [0.5, 0.6) is 0 Å². The molecule has 166 valence electrons. The van der Waals surface area contributed by atoms with Crippen molar-refractivity contribution in [2.45, 2.75) is 115 Å². The van der Waals surface area contributed by atoms with Gasteiger partial charge in [0.05, 0.1) is 13.2 Å². The summed E-state index contributed by atoms with van der Waals surface area (Å²) in [5.41, 5.74) is 0. The zero-order valence-corrected chi connectivity index (χ0v) is 17.9. The van der Waals surface area contributed by atoms with Crippen LogP contribution < -0.4 is 0 Å². The average Bonchev–Trinajstić information content (AvgIpc) is 3.03. The molecule has 0 radical (unpaired) electrons. The van der Waals surface area contributed by atoms with Crippen molar-refractivity contribution in [1.82, 2.24) is 0 Å². The van der Waals surface area contributed by atoms with Crippen LogP contribution in [0.25, 0.3) is 0 Å². The quantitative estimate of drug-likeness (QED) is 0.238. The number of unbranched alkanes of at least 4 members (excludes halogenated alkanes) is 11. The van der Waals surface area contributed by atoms with Crippen LogP contribution in [0.15, 0.2) is 12.2 Å². The Kier molecular flexibility index (Phi) is 15.9. The molecule has 5 heteroatoms. The maximum Gasteiger partial charge on any atom is 0.114 e. The van der Waals surface area contributed by atoms with Crippen LogP contribution in [0.2, 0.25) is 0 Å². The monoisotopic (exact) mass is 400 g/mol. The molecule has 1 fully saturated rings. The fourth-order valence-electron chi connectivity index (χ4n) is 3.55. The van der Waals surface area contributed by atoms with Gasteiger partial charge in [0.25, 0.3) is 0 Å². The number of rotatable bonds is 18. The van der Waals surface area contributed by atoms with E-state index < -0.39 is 24.4 Å². The third-order valence-electron chi connectivity index (χ3n) is 5.39. The first-order valence-corrected chi connectivity index (χ1v) is 11.5. The summed E-state index contributed by atoms with van der Waals surface area (Å²) in [6.45, 7) is 3.05. The van der Waals surface area contributed by atoms with Crippen molar-refractivity contribution in [2.75, 3.05) is 19.8 Å². The summed E-state index contributed by atoms with van der Waals surface area (Å²) in [7, 11) is 0. The Hall–Kier alpha value is -0.460. The van der Waals surface area contributed by atoms with Crippen molar-refractivity contribution in [3.05, 3.63) is 12.2 Å². The van der Waals surface area contributed by atoms with E-state index in [9.17, 15) is 15.3 Å². The van der Waals surface area contributed by atoms with E-state index in [0.29, 0.717) is 6.61 Å². The van der Waals surface area contributed by atoms with Gasteiger partial charge in [0, 0.05) is 6.61 Å². The molecular formula is C23H44O5. The summed E-state index contributed by atoms with van der Waals surface area (Å²) in [6.07, 6.45) is 17.6. The zero-order chi connectivity index (χ0) is 20.5. The molecule has 28 heavy (non-hydrogen) atoms. The molecule has 0 aromatic rings. The van der Waals surface area contributed by atoms with E-state index in [2.05, 4.69) is 19.1 Å². The Balaban J connectivity index is 1.77. The molecule has 0 aliphatic carbocycles. The fourth-order valence-corrected chi connectivity index (χ4v) is 3.55. The van der Waals surface area contributed by atoms with Gasteiger partial charge >= 0.3 is 0 Å². The van der Waals surface area contributed by atoms with Crippen molar-refractivity contribution < 1.29 is 24.8 Å². The standard InChI is InChI=1S/C23H44O5/c1-2-3-4-5-6-7-8-9-10-11-12-13-14-15-16-17-27-18-21(25)23-22(26)20(24)19-28-23/h4-5,20-26H,2-3,6-19H2,1H3/b5-4+/t20-,21+,22-,23-/m1/s1. The van der Waals surface area contributed by atoms with Gasteiger partial charge in [0.1, 0.15) is 24.4 Å². The molecule has 1 heterocycles. The summed E-state index contributed by atoms with van der Waals surface area (Å²) in [6, 6.07) is 0. The van der Waals surface area contributed by atoms with Crippen molar-refractivity contribution >= 4 is 0 Å². The van der Waals surface area contributed by atoms with Crippen molar-refractivity contribution in [2.24, 2.45) is 0 Å². The number of hydrogen-bond acceptors (Lipinski definition) is 5. The minimum atomic E-state index is -1.03. The van der Waals surface area contributed by atoms with E-state index >= 15 is 0 Å². The van der Waals surface area contributed by atoms with Crippen LogP contribution in [0.4, 0.5) is 0 Å². The molecular weight excluding hydrogens is 356 g/mol. The number of allylic oxidation sites excluding steroid dienone is 2. The van der Waals surface area contributed by atoms with Gasteiger partial charge in [0.2, 0.25) is 0 Å². The Morgan fingerprint density at radius 3 is 2.04 bits per heavy atom. The fraction of sp³-hybridized carbons (Fsp3) is 0.913.